The Morgan fingerprint density at radius 3 is 2.23 bits per heavy atom. The van der Waals surface area contributed by atoms with Crippen LogP contribution in [0.4, 0.5) is 13.2 Å². The maximum absolute atomic E-state index is 13.4. The average Bonchev–Trinajstić information content (AvgIpc) is 3.09. The summed E-state index contributed by atoms with van der Waals surface area (Å²) in [6, 6.07) is 19.5. The predicted molar refractivity (Wildman–Crippen MR) is 98.2 cm³/mol. The van der Waals surface area contributed by atoms with Gasteiger partial charge in [-0.15, -0.1) is 11.3 Å². The SMILES string of the molecule is CC(=NOCc1ccccc1)c1cc(-c2ccccc2)c(C(F)(F)F)s1. The molecule has 0 unspecified atom stereocenters. The van der Waals surface area contributed by atoms with Crippen LogP contribution in [0.15, 0.2) is 71.9 Å². The highest BCUT2D eigenvalue weighted by Crippen LogP contribution is 2.42. The molecule has 0 radical (unpaired) electrons. The van der Waals surface area contributed by atoms with E-state index in [-0.39, 0.29) is 12.2 Å². The first kappa shape index (κ1) is 18.2. The molecule has 134 valence electrons. The van der Waals surface area contributed by atoms with Gasteiger partial charge in [0, 0.05) is 5.56 Å². The van der Waals surface area contributed by atoms with E-state index in [9.17, 15) is 13.2 Å². The third kappa shape index (κ3) is 4.32. The normalized spacial score (nSPS) is 12.2. The van der Waals surface area contributed by atoms with Gasteiger partial charge in [0.25, 0.3) is 0 Å². The zero-order chi connectivity index (χ0) is 18.6. The Labute approximate surface area is 153 Å². The van der Waals surface area contributed by atoms with E-state index in [1.165, 1.54) is 6.07 Å². The minimum absolute atomic E-state index is 0.163. The molecule has 0 N–H and O–H groups in total. The van der Waals surface area contributed by atoms with Gasteiger partial charge in [0.05, 0.1) is 10.6 Å². The van der Waals surface area contributed by atoms with Crippen molar-refractivity contribution >= 4 is 17.0 Å². The van der Waals surface area contributed by atoms with Crippen molar-refractivity contribution in [2.75, 3.05) is 0 Å². The molecule has 3 rings (SSSR count). The second-order valence-corrected chi connectivity index (χ2v) is 6.71. The molecule has 0 saturated heterocycles. The van der Waals surface area contributed by atoms with E-state index in [1.807, 2.05) is 30.3 Å². The monoisotopic (exact) mass is 375 g/mol. The Bertz CT molecular complexity index is 886. The standard InChI is InChI=1S/C20H16F3NOS/c1-14(24-25-13-15-8-4-2-5-9-15)18-12-17(16-10-6-3-7-11-16)19(26-18)20(21,22)23/h2-12H,13H2,1H3. The van der Waals surface area contributed by atoms with Crippen LogP contribution in [0.25, 0.3) is 11.1 Å². The molecule has 2 nitrogen and oxygen atoms in total. The maximum Gasteiger partial charge on any atom is 0.426 e. The Morgan fingerprint density at radius 2 is 1.62 bits per heavy atom. The molecule has 6 heteroatoms. The molecule has 0 spiro atoms. The van der Waals surface area contributed by atoms with E-state index in [0.717, 1.165) is 5.56 Å². The minimum Gasteiger partial charge on any atom is -0.391 e. The molecule has 0 atom stereocenters. The van der Waals surface area contributed by atoms with Crippen molar-refractivity contribution < 1.29 is 18.0 Å². The lowest BCUT2D eigenvalue weighted by Crippen LogP contribution is -2.03. The highest BCUT2D eigenvalue weighted by Gasteiger charge is 2.36. The zero-order valence-electron chi connectivity index (χ0n) is 14.0. The van der Waals surface area contributed by atoms with Gasteiger partial charge >= 0.3 is 6.18 Å². The average molecular weight is 375 g/mol. The quantitative estimate of drug-likeness (QED) is 0.375. The first-order chi connectivity index (χ1) is 12.4. The third-order valence-corrected chi connectivity index (χ3v) is 5.00. The molecule has 3 aromatic rings. The molecule has 0 aliphatic heterocycles. The van der Waals surface area contributed by atoms with Gasteiger partial charge in [-0.25, -0.2) is 0 Å². The molecule has 0 bridgehead atoms. The molecule has 26 heavy (non-hydrogen) atoms. The number of hydrogen-bond acceptors (Lipinski definition) is 3. The van der Waals surface area contributed by atoms with Gasteiger partial charge in [0.1, 0.15) is 11.5 Å². The first-order valence-electron chi connectivity index (χ1n) is 7.92. The summed E-state index contributed by atoms with van der Waals surface area (Å²) < 4.78 is 40.3. The predicted octanol–water partition coefficient (Wildman–Crippen LogP) is 6.37. The summed E-state index contributed by atoms with van der Waals surface area (Å²) in [5.74, 6) is 0. The van der Waals surface area contributed by atoms with E-state index < -0.39 is 11.1 Å². The van der Waals surface area contributed by atoms with Crippen molar-refractivity contribution in [3.05, 3.63) is 82.0 Å². The Balaban J connectivity index is 1.85. The van der Waals surface area contributed by atoms with E-state index in [0.29, 0.717) is 27.5 Å². The van der Waals surface area contributed by atoms with Crippen LogP contribution in [0.1, 0.15) is 22.2 Å². The van der Waals surface area contributed by atoms with E-state index >= 15 is 0 Å². The lowest BCUT2D eigenvalue weighted by atomic mass is 10.1. The minimum atomic E-state index is -4.42. The number of thiophene rings is 1. The summed E-state index contributed by atoms with van der Waals surface area (Å²) in [6.07, 6.45) is -4.42. The molecule has 2 aromatic carbocycles. The van der Waals surface area contributed by atoms with Crippen LogP contribution in [0, 0.1) is 0 Å². The zero-order valence-corrected chi connectivity index (χ0v) is 14.8. The molecule has 0 amide bonds. The summed E-state index contributed by atoms with van der Waals surface area (Å²) >= 11 is 0.680. The first-order valence-corrected chi connectivity index (χ1v) is 8.74. The van der Waals surface area contributed by atoms with Gasteiger partial charge in [-0.05, 0) is 24.1 Å². The summed E-state index contributed by atoms with van der Waals surface area (Å²) in [4.78, 5) is 5.10. The van der Waals surface area contributed by atoms with Gasteiger partial charge < -0.3 is 4.84 Å². The van der Waals surface area contributed by atoms with Crippen LogP contribution in [0.5, 0.6) is 0 Å². The summed E-state index contributed by atoms with van der Waals surface area (Å²) in [5, 5.41) is 3.98. The molecule has 0 saturated carbocycles. The number of benzene rings is 2. The molecule has 1 aromatic heterocycles. The summed E-state index contributed by atoms with van der Waals surface area (Å²) in [6.45, 7) is 1.91. The second-order valence-electron chi connectivity index (χ2n) is 5.65. The van der Waals surface area contributed by atoms with E-state index in [2.05, 4.69) is 5.16 Å². The lowest BCUT2D eigenvalue weighted by Gasteiger charge is -2.07. The molecule has 0 aliphatic carbocycles. The Morgan fingerprint density at radius 1 is 1.00 bits per heavy atom. The fourth-order valence-corrected chi connectivity index (χ4v) is 3.42. The third-order valence-electron chi connectivity index (χ3n) is 3.71. The highest BCUT2D eigenvalue weighted by molar-refractivity contribution is 7.14. The summed E-state index contributed by atoms with van der Waals surface area (Å²) in [7, 11) is 0. The summed E-state index contributed by atoms with van der Waals surface area (Å²) in [5.41, 5.74) is 2.05. The number of oxime groups is 1. The van der Waals surface area contributed by atoms with E-state index in [4.69, 9.17) is 4.84 Å². The van der Waals surface area contributed by atoms with Crippen LogP contribution in [0.2, 0.25) is 0 Å². The fourth-order valence-electron chi connectivity index (χ4n) is 2.43. The number of nitrogens with zero attached hydrogens (tertiary/aromatic N) is 1. The van der Waals surface area contributed by atoms with Crippen LogP contribution in [0.3, 0.4) is 0 Å². The van der Waals surface area contributed by atoms with Crippen molar-refractivity contribution in [1.29, 1.82) is 0 Å². The van der Waals surface area contributed by atoms with Crippen LogP contribution < -0.4 is 0 Å². The molecule has 1 heterocycles. The Kier molecular flexibility index (Phi) is 5.42. The molecule has 0 aliphatic rings. The Hall–Kier alpha value is -2.60. The van der Waals surface area contributed by atoms with Crippen LogP contribution >= 0.6 is 11.3 Å². The number of alkyl halides is 3. The number of rotatable bonds is 5. The topological polar surface area (TPSA) is 21.6 Å². The molecule has 0 fully saturated rings. The maximum atomic E-state index is 13.4. The van der Waals surface area contributed by atoms with Gasteiger partial charge in [-0.1, -0.05) is 65.8 Å². The van der Waals surface area contributed by atoms with Gasteiger partial charge in [0.15, 0.2) is 0 Å². The number of hydrogen-bond donors (Lipinski definition) is 0. The smallest absolute Gasteiger partial charge is 0.391 e. The lowest BCUT2D eigenvalue weighted by molar-refractivity contribution is -0.133. The van der Waals surface area contributed by atoms with Crippen LogP contribution in [-0.2, 0) is 17.6 Å². The van der Waals surface area contributed by atoms with Crippen molar-refractivity contribution in [3.8, 4) is 11.1 Å². The molecular weight excluding hydrogens is 359 g/mol. The fraction of sp³-hybridized carbons (Fsp3) is 0.150. The van der Waals surface area contributed by atoms with Crippen molar-refractivity contribution in [3.63, 3.8) is 0 Å². The van der Waals surface area contributed by atoms with Gasteiger partial charge in [0.2, 0.25) is 0 Å². The second kappa shape index (κ2) is 7.74. The highest BCUT2D eigenvalue weighted by atomic mass is 32.1. The van der Waals surface area contributed by atoms with Gasteiger partial charge in [-0.3, -0.25) is 0 Å². The van der Waals surface area contributed by atoms with Crippen molar-refractivity contribution in [2.45, 2.75) is 19.7 Å². The molecular formula is C20H16F3NOS. The van der Waals surface area contributed by atoms with Crippen molar-refractivity contribution in [1.82, 2.24) is 0 Å². The van der Waals surface area contributed by atoms with Crippen LogP contribution in [-0.4, -0.2) is 5.71 Å². The van der Waals surface area contributed by atoms with Gasteiger partial charge in [-0.2, -0.15) is 13.2 Å². The van der Waals surface area contributed by atoms with E-state index in [1.54, 1.807) is 37.3 Å². The number of halogens is 3. The van der Waals surface area contributed by atoms with Crippen molar-refractivity contribution in [2.24, 2.45) is 5.16 Å². The largest absolute Gasteiger partial charge is 0.426 e.